The number of aromatic nitrogens is 2. The molecule has 114 valence electrons. The fourth-order valence-electron chi connectivity index (χ4n) is 3.10. The molecule has 5 heteroatoms. The predicted molar refractivity (Wildman–Crippen MR) is 88.4 cm³/mol. The van der Waals surface area contributed by atoms with Crippen molar-refractivity contribution in [1.82, 2.24) is 20.4 Å². The molecule has 0 bridgehead atoms. The van der Waals surface area contributed by atoms with Crippen molar-refractivity contribution in [2.45, 2.75) is 26.3 Å². The summed E-state index contributed by atoms with van der Waals surface area (Å²) in [6, 6.07) is 4.22. The van der Waals surface area contributed by atoms with E-state index >= 15 is 0 Å². The summed E-state index contributed by atoms with van der Waals surface area (Å²) in [5.41, 5.74) is 2.43. The number of aromatic amines is 1. The number of likely N-dealkylation sites (tertiary alicyclic amines) is 1. The number of piperidine rings is 1. The first kappa shape index (κ1) is 14.8. The van der Waals surface area contributed by atoms with Gasteiger partial charge in [0.05, 0.1) is 16.8 Å². The normalized spacial score (nSPS) is 20.0. The summed E-state index contributed by atoms with van der Waals surface area (Å²) < 4.78 is 0. The Hall–Kier alpha value is -1.17. The van der Waals surface area contributed by atoms with Crippen molar-refractivity contribution in [3.8, 4) is 10.6 Å². The fourth-order valence-corrected chi connectivity index (χ4v) is 3.85. The highest BCUT2D eigenvalue weighted by molar-refractivity contribution is 7.13. The van der Waals surface area contributed by atoms with Crippen molar-refractivity contribution in [2.75, 3.05) is 26.2 Å². The highest BCUT2D eigenvalue weighted by Crippen LogP contribution is 2.25. The van der Waals surface area contributed by atoms with E-state index in [4.69, 9.17) is 0 Å². The van der Waals surface area contributed by atoms with E-state index in [-0.39, 0.29) is 0 Å². The Kier molecular flexibility index (Phi) is 5.06. The van der Waals surface area contributed by atoms with Gasteiger partial charge >= 0.3 is 0 Å². The maximum absolute atomic E-state index is 4.20. The molecule has 0 aliphatic carbocycles. The van der Waals surface area contributed by atoms with Crippen LogP contribution in [0.15, 0.2) is 23.7 Å². The van der Waals surface area contributed by atoms with Crippen LogP contribution in [0, 0.1) is 5.92 Å². The van der Waals surface area contributed by atoms with Gasteiger partial charge in [0.25, 0.3) is 0 Å². The number of thiophene rings is 1. The minimum atomic E-state index is 0.788. The van der Waals surface area contributed by atoms with Crippen LogP contribution in [0.4, 0.5) is 0 Å². The van der Waals surface area contributed by atoms with Gasteiger partial charge in [0.15, 0.2) is 0 Å². The third-order valence-electron chi connectivity index (χ3n) is 4.28. The molecule has 3 rings (SSSR count). The Bertz CT molecular complexity index is 534. The van der Waals surface area contributed by atoms with Gasteiger partial charge in [-0.25, -0.2) is 0 Å². The van der Waals surface area contributed by atoms with Crippen LogP contribution in [-0.4, -0.2) is 41.3 Å². The molecule has 0 saturated carbocycles. The number of nitrogens with zero attached hydrogens (tertiary/aromatic N) is 2. The largest absolute Gasteiger partial charge is 0.312 e. The Morgan fingerprint density at radius 2 is 2.48 bits per heavy atom. The van der Waals surface area contributed by atoms with Gasteiger partial charge in [-0.1, -0.05) is 13.0 Å². The SMILES string of the molecule is CCN1CCC[C@@H](CNCc2cn[nH]c2-c2cccs2)C1. The molecular formula is C16H24N4S. The van der Waals surface area contributed by atoms with Gasteiger partial charge in [0.1, 0.15) is 0 Å². The zero-order valence-corrected chi connectivity index (χ0v) is 13.5. The van der Waals surface area contributed by atoms with E-state index in [0.29, 0.717) is 0 Å². The van der Waals surface area contributed by atoms with Crippen molar-refractivity contribution in [2.24, 2.45) is 5.92 Å². The molecule has 1 atom stereocenters. The van der Waals surface area contributed by atoms with Gasteiger partial charge in [-0.3, -0.25) is 5.10 Å². The first-order valence-electron chi connectivity index (χ1n) is 7.86. The Morgan fingerprint density at radius 3 is 3.29 bits per heavy atom. The minimum absolute atomic E-state index is 0.788. The van der Waals surface area contributed by atoms with E-state index in [1.54, 1.807) is 11.3 Å². The molecule has 0 unspecified atom stereocenters. The summed E-state index contributed by atoms with van der Waals surface area (Å²) in [6.45, 7) is 7.96. The summed E-state index contributed by atoms with van der Waals surface area (Å²) in [5, 5.41) is 13.1. The summed E-state index contributed by atoms with van der Waals surface area (Å²) in [6.07, 6.45) is 4.64. The summed E-state index contributed by atoms with van der Waals surface area (Å²) in [5.74, 6) is 0.788. The van der Waals surface area contributed by atoms with Crippen LogP contribution in [0.1, 0.15) is 25.3 Å². The fraction of sp³-hybridized carbons (Fsp3) is 0.562. The second kappa shape index (κ2) is 7.20. The van der Waals surface area contributed by atoms with Gasteiger partial charge in [0.2, 0.25) is 0 Å². The van der Waals surface area contributed by atoms with Crippen molar-refractivity contribution in [3.63, 3.8) is 0 Å². The molecule has 2 aromatic heterocycles. The number of nitrogens with one attached hydrogen (secondary N) is 2. The molecule has 2 aromatic rings. The number of hydrogen-bond acceptors (Lipinski definition) is 4. The Morgan fingerprint density at radius 1 is 1.52 bits per heavy atom. The Labute approximate surface area is 130 Å². The minimum Gasteiger partial charge on any atom is -0.312 e. The lowest BCUT2D eigenvalue weighted by Gasteiger charge is -2.31. The molecule has 0 spiro atoms. The molecule has 0 radical (unpaired) electrons. The molecule has 2 N–H and O–H groups in total. The molecule has 1 aliphatic rings. The highest BCUT2D eigenvalue weighted by Gasteiger charge is 2.18. The molecular weight excluding hydrogens is 280 g/mol. The maximum Gasteiger partial charge on any atom is 0.0794 e. The highest BCUT2D eigenvalue weighted by atomic mass is 32.1. The standard InChI is InChI=1S/C16H24N4S/c1-2-20-7-3-5-13(12-20)9-17-10-14-11-18-19-16(14)15-6-4-8-21-15/h4,6,8,11,13,17H,2-3,5,7,9-10,12H2,1H3,(H,18,19)/t13-/m0/s1. The van der Waals surface area contributed by atoms with Crippen molar-refractivity contribution < 1.29 is 0 Å². The van der Waals surface area contributed by atoms with Crippen LogP contribution in [-0.2, 0) is 6.54 Å². The van der Waals surface area contributed by atoms with E-state index in [9.17, 15) is 0 Å². The van der Waals surface area contributed by atoms with Gasteiger partial charge < -0.3 is 10.2 Å². The van der Waals surface area contributed by atoms with Crippen LogP contribution in [0.2, 0.25) is 0 Å². The molecule has 21 heavy (non-hydrogen) atoms. The lowest BCUT2D eigenvalue weighted by molar-refractivity contribution is 0.180. The average molecular weight is 304 g/mol. The molecule has 1 saturated heterocycles. The van der Waals surface area contributed by atoms with Crippen LogP contribution >= 0.6 is 11.3 Å². The Balaban J connectivity index is 1.51. The van der Waals surface area contributed by atoms with E-state index < -0.39 is 0 Å². The third-order valence-corrected chi connectivity index (χ3v) is 5.17. The first-order valence-corrected chi connectivity index (χ1v) is 8.74. The zero-order chi connectivity index (χ0) is 14.5. The molecule has 0 amide bonds. The van der Waals surface area contributed by atoms with E-state index in [2.05, 4.69) is 44.9 Å². The van der Waals surface area contributed by atoms with Crippen molar-refractivity contribution in [3.05, 3.63) is 29.3 Å². The van der Waals surface area contributed by atoms with Crippen molar-refractivity contribution >= 4 is 11.3 Å². The topological polar surface area (TPSA) is 44.0 Å². The summed E-state index contributed by atoms with van der Waals surface area (Å²) in [4.78, 5) is 3.82. The molecule has 1 fully saturated rings. The van der Waals surface area contributed by atoms with Crippen LogP contribution < -0.4 is 5.32 Å². The van der Waals surface area contributed by atoms with E-state index in [1.165, 1.54) is 42.9 Å². The van der Waals surface area contributed by atoms with Gasteiger partial charge in [-0.05, 0) is 49.8 Å². The first-order chi connectivity index (χ1) is 10.4. The monoisotopic (exact) mass is 304 g/mol. The average Bonchev–Trinajstić information content (AvgIpc) is 3.18. The molecule has 1 aliphatic heterocycles. The maximum atomic E-state index is 4.20. The van der Waals surface area contributed by atoms with Gasteiger partial charge in [-0.2, -0.15) is 5.10 Å². The third kappa shape index (κ3) is 3.73. The smallest absolute Gasteiger partial charge is 0.0794 e. The van der Waals surface area contributed by atoms with Crippen LogP contribution in [0.3, 0.4) is 0 Å². The van der Waals surface area contributed by atoms with Crippen LogP contribution in [0.25, 0.3) is 10.6 Å². The van der Waals surface area contributed by atoms with Crippen molar-refractivity contribution in [1.29, 1.82) is 0 Å². The molecule has 3 heterocycles. The second-order valence-corrected chi connectivity index (χ2v) is 6.73. The zero-order valence-electron chi connectivity index (χ0n) is 12.6. The predicted octanol–water partition coefficient (Wildman–Crippen LogP) is 2.96. The van der Waals surface area contributed by atoms with E-state index in [0.717, 1.165) is 24.7 Å². The lowest BCUT2D eigenvalue weighted by atomic mass is 9.98. The number of hydrogen-bond donors (Lipinski definition) is 2. The van der Waals surface area contributed by atoms with E-state index in [1.807, 2.05) is 6.20 Å². The molecule has 0 aromatic carbocycles. The lowest BCUT2D eigenvalue weighted by Crippen LogP contribution is -2.39. The number of rotatable bonds is 6. The summed E-state index contributed by atoms with van der Waals surface area (Å²) >= 11 is 1.75. The quantitative estimate of drug-likeness (QED) is 0.862. The molecule has 4 nitrogen and oxygen atoms in total. The number of H-pyrrole nitrogens is 1. The van der Waals surface area contributed by atoms with Gasteiger partial charge in [0, 0.05) is 18.7 Å². The van der Waals surface area contributed by atoms with Crippen LogP contribution in [0.5, 0.6) is 0 Å². The van der Waals surface area contributed by atoms with Gasteiger partial charge in [-0.15, -0.1) is 11.3 Å². The second-order valence-electron chi connectivity index (χ2n) is 5.78. The summed E-state index contributed by atoms with van der Waals surface area (Å²) in [7, 11) is 0.